The molecule has 0 unspecified atom stereocenters. The number of fused-ring (bicyclic) bond motifs is 1. The summed E-state index contributed by atoms with van der Waals surface area (Å²) in [5.41, 5.74) is 0.746. The van der Waals surface area contributed by atoms with Crippen LogP contribution in [0.25, 0.3) is 11.0 Å². The first-order valence-electron chi connectivity index (χ1n) is 7.71. The molecular formula is C17H22N2O4. The van der Waals surface area contributed by atoms with Crippen LogP contribution in [0.2, 0.25) is 0 Å². The Morgan fingerprint density at radius 2 is 1.91 bits per heavy atom. The van der Waals surface area contributed by atoms with Crippen LogP contribution in [0.4, 0.5) is 5.69 Å². The van der Waals surface area contributed by atoms with Gasteiger partial charge in [0.2, 0.25) is 0 Å². The largest absolute Gasteiger partial charge is 0.422 e. The van der Waals surface area contributed by atoms with Crippen molar-refractivity contribution in [3.63, 3.8) is 0 Å². The monoisotopic (exact) mass is 318 g/mol. The quantitative estimate of drug-likeness (QED) is 0.821. The minimum absolute atomic E-state index is 0.0240. The minimum Gasteiger partial charge on any atom is -0.422 e. The third-order valence-electron chi connectivity index (χ3n) is 3.86. The molecule has 6 nitrogen and oxygen atoms in total. The van der Waals surface area contributed by atoms with E-state index in [0.717, 1.165) is 18.8 Å². The molecule has 0 aliphatic heterocycles. The topological polar surface area (TPSA) is 74.0 Å². The second-order valence-corrected chi connectivity index (χ2v) is 5.29. The second-order valence-electron chi connectivity index (χ2n) is 5.29. The van der Waals surface area contributed by atoms with Gasteiger partial charge in [0.25, 0.3) is 5.91 Å². The summed E-state index contributed by atoms with van der Waals surface area (Å²) >= 11 is 0. The van der Waals surface area contributed by atoms with Gasteiger partial charge in [-0.1, -0.05) is 0 Å². The molecule has 1 aromatic carbocycles. The summed E-state index contributed by atoms with van der Waals surface area (Å²) in [7, 11) is 1.53. The Morgan fingerprint density at radius 3 is 2.52 bits per heavy atom. The first kappa shape index (κ1) is 17.0. The first-order chi connectivity index (χ1) is 11.0. The van der Waals surface area contributed by atoms with Crippen LogP contribution in [0.15, 0.2) is 33.5 Å². The number of carbonyl (C=O) groups excluding carboxylic acids is 1. The summed E-state index contributed by atoms with van der Waals surface area (Å²) in [6, 6.07) is 7.15. The van der Waals surface area contributed by atoms with E-state index < -0.39 is 11.5 Å². The highest BCUT2D eigenvalue weighted by Gasteiger charge is 2.17. The van der Waals surface area contributed by atoms with E-state index in [1.54, 1.807) is 6.07 Å². The van der Waals surface area contributed by atoms with E-state index in [4.69, 9.17) is 9.52 Å². The Bertz CT molecular complexity index is 750. The molecule has 1 aromatic heterocycles. The van der Waals surface area contributed by atoms with Crippen LogP contribution in [-0.2, 0) is 0 Å². The van der Waals surface area contributed by atoms with Gasteiger partial charge < -0.3 is 19.3 Å². The van der Waals surface area contributed by atoms with Crippen molar-refractivity contribution >= 4 is 22.6 Å². The summed E-state index contributed by atoms with van der Waals surface area (Å²) in [4.78, 5) is 27.8. The van der Waals surface area contributed by atoms with E-state index in [2.05, 4.69) is 18.7 Å². The molecule has 1 amide bonds. The molecule has 0 spiro atoms. The van der Waals surface area contributed by atoms with Gasteiger partial charge in [0.1, 0.15) is 11.1 Å². The summed E-state index contributed by atoms with van der Waals surface area (Å²) in [5, 5.41) is 9.60. The van der Waals surface area contributed by atoms with Crippen molar-refractivity contribution in [2.24, 2.45) is 0 Å². The van der Waals surface area contributed by atoms with Crippen LogP contribution >= 0.6 is 0 Å². The van der Waals surface area contributed by atoms with Crippen LogP contribution in [0.1, 0.15) is 24.2 Å². The Labute approximate surface area is 134 Å². The maximum Gasteiger partial charge on any atom is 0.349 e. The number of anilines is 1. The zero-order valence-corrected chi connectivity index (χ0v) is 13.7. The lowest BCUT2D eigenvalue weighted by Gasteiger charge is -2.21. The fourth-order valence-electron chi connectivity index (χ4n) is 2.49. The molecule has 0 radical (unpaired) electrons. The molecule has 0 saturated heterocycles. The highest BCUT2D eigenvalue weighted by atomic mass is 16.4. The summed E-state index contributed by atoms with van der Waals surface area (Å²) in [6.45, 7) is 5.83. The molecule has 6 heteroatoms. The molecule has 0 saturated carbocycles. The molecule has 1 heterocycles. The van der Waals surface area contributed by atoms with Crippen molar-refractivity contribution in [2.45, 2.75) is 13.8 Å². The zero-order valence-electron chi connectivity index (χ0n) is 13.7. The smallest absolute Gasteiger partial charge is 0.349 e. The third-order valence-corrected chi connectivity index (χ3v) is 3.86. The van der Waals surface area contributed by atoms with Gasteiger partial charge in [-0.25, -0.2) is 4.79 Å². The Morgan fingerprint density at radius 1 is 1.22 bits per heavy atom. The van der Waals surface area contributed by atoms with E-state index in [-0.39, 0.29) is 18.7 Å². The van der Waals surface area contributed by atoms with Gasteiger partial charge in [-0.15, -0.1) is 0 Å². The molecule has 0 aliphatic carbocycles. The molecule has 1 N–H and O–H groups in total. The van der Waals surface area contributed by atoms with Crippen molar-refractivity contribution in [2.75, 3.05) is 38.2 Å². The van der Waals surface area contributed by atoms with Gasteiger partial charge in [-0.3, -0.25) is 4.79 Å². The maximum atomic E-state index is 12.2. The van der Waals surface area contributed by atoms with Gasteiger partial charge in [-0.2, -0.15) is 0 Å². The zero-order chi connectivity index (χ0) is 17.0. The lowest BCUT2D eigenvalue weighted by atomic mass is 10.1. The van der Waals surface area contributed by atoms with Crippen molar-refractivity contribution < 1.29 is 14.3 Å². The average Bonchev–Trinajstić information content (AvgIpc) is 2.54. The highest BCUT2D eigenvalue weighted by molar-refractivity contribution is 5.96. The number of hydrogen-bond acceptors (Lipinski definition) is 5. The lowest BCUT2D eigenvalue weighted by molar-refractivity contribution is 0.0763. The van der Waals surface area contributed by atoms with E-state index >= 15 is 0 Å². The number of aliphatic hydroxyl groups is 1. The Hall–Kier alpha value is -2.34. The normalized spacial score (nSPS) is 10.8. The molecule has 0 fully saturated rings. The number of aliphatic hydroxyl groups excluding tert-OH is 1. The summed E-state index contributed by atoms with van der Waals surface area (Å²) < 4.78 is 5.33. The standard InChI is InChI=1S/C17H22N2O4/c1-4-19(5-2)13-7-6-12-10-14(16(21)18(3)8-9-20)17(22)23-15(12)11-13/h6-7,10-11,20H,4-5,8-9H2,1-3H3. The molecule has 0 aliphatic rings. The van der Waals surface area contributed by atoms with E-state index in [9.17, 15) is 9.59 Å². The predicted octanol–water partition coefficient (Wildman–Crippen LogP) is 1.70. The van der Waals surface area contributed by atoms with Gasteiger partial charge >= 0.3 is 5.63 Å². The van der Waals surface area contributed by atoms with Crippen LogP contribution in [0, 0.1) is 0 Å². The number of hydrogen-bond donors (Lipinski definition) is 1. The van der Waals surface area contributed by atoms with Gasteiger partial charge in [-0.05, 0) is 32.0 Å². The number of likely N-dealkylation sites (N-methyl/N-ethyl adjacent to an activating group) is 1. The fourth-order valence-corrected chi connectivity index (χ4v) is 2.49. The SMILES string of the molecule is CCN(CC)c1ccc2cc(C(=O)N(C)CCO)c(=O)oc2c1. The molecule has 0 atom stereocenters. The van der Waals surface area contributed by atoms with E-state index in [1.165, 1.54) is 11.9 Å². The molecular weight excluding hydrogens is 296 g/mol. The van der Waals surface area contributed by atoms with Gasteiger partial charge in [0.05, 0.1) is 6.61 Å². The van der Waals surface area contributed by atoms with Crippen molar-refractivity contribution in [1.29, 1.82) is 0 Å². The number of amides is 1. The number of rotatable bonds is 6. The fraction of sp³-hybridized carbons (Fsp3) is 0.412. The lowest BCUT2D eigenvalue weighted by Crippen LogP contribution is -2.32. The first-order valence-corrected chi connectivity index (χ1v) is 7.71. The second kappa shape index (κ2) is 7.28. The number of nitrogens with zero attached hydrogens (tertiary/aromatic N) is 2. The minimum atomic E-state index is -0.663. The molecule has 2 rings (SSSR count). The van der Waals surface area contributed by atoms with Gasteiger partial charge in [0, 0.05) is 43.8 Å². The summed E-state index contributed by atoms with van der Waals surface area (Å²) in [5.74, 6) is -0.456. The average molecular weight is 318 g/mol. The maximum absolute atomic E-state index is 12.2. The van der Waals surface area contributed by atoms with E-state index in [1.807, 2.05) is 18.2 Å². The van der Waals surface area contributed by atoms with Crippen LogP contribution < -0.4 is 10.5 Å². The summed E-state index contributed by atoms with van der Waals surface area (Å²) in [6.07, 6.45) is 0. The molecule has 124 valence electrons. The van der Waals surface area contributed by atoms with Crippen molar-refractivity contribution in [3.05, 3.63) is 40.2 Å². The van der Waals surface area contributed by atoms with Crippen LogP contribution in [-0.4, -0.2) is 49.2 Å². The van der Waals surface area contributed by atoms with Crippen molar-refractivity contribution in [1.82, 2.24) is 4.90 Å². The van der Waals surface area contributed by atoms with Crippen molar-refractivity contribution in [3.8, 4) is 0 Å². The highest BCUT2D eigenvalue weighted by Crippen LogP contribution is 2.22. The third kappa shape index (κ3) is 3.53. The van der Waals surface area contributed by atoms with E-state index in [0.29, 0.717) is 11.0 Å². The molecule has 0 bridgehead atoms. The van der Waals surface area contributed by atoms with Crippen LogP contribution in [0.5, 0.6) is 0 Å². The number of benzene rings is 1. The molecule has 2 aromatic rings. The van der Waals surface area contributed by atoms with Gasteiger partial charge in [0.15, 0.2) is 0 Å². The number of carbonyl (C=O) groups is 1. The predicted molar refractivity (Wildman–Crippen MR) is 90.1 cm³/mol. The Balaban J connectivity index is 2.45. The Kier molecular flexibility index (Phi) is 5.39. The van der Waals surface area contributed by atoms with Crippen LogP contribution in [0.3, 0.4) is 0 Å². The molecule has 23 heavy (non-hydrogen) atoms.